The first-order valence-corrected chi connectivity index (χ1v) is 7.27. The topological polar surface area (TPSA) is 127 Å². The number of thiazole rings is 1. The number of carbonyl (C=O) groups is 1. The molecule has 2 N–H and O–H groups in total. The molecule has 0 unspecified atom stereocenters. The van der Waals surface area contributed by atoms with Gasteiger partial charge in [-0.3, -0.25) is 0 Å². The molecular formula is C8H9N5O4S2. The van der Waals surface area contributed by atoms with Crippen LogP contribution in [-0.4, -0.2) is 39.2 Å². The molecule has 0 bridgehead atoms. The number of carboxylic acid groups (broad SMARTS) is 1. The minimum absolute atomic E-state index is 0.0875. The molecule has 0 radical (unpaired) electrons. The van der Waals surface area contributed by atoms with E-state index in [1.54, 1.807) is 11.6 Å². The van der Waals surface area contributed by atoms with Crippen LogP contribution in [0.3, 0.4) is 0 Å². The van der Waals surface area contributed by atoms with E-state index in [0.717, 1.165) is 11.3 Å². The third kappa shape index (κ3) is 2.77. The van der Waals surface area contributed by atoms with Crippen LogP contribution in [0.5, 0.6) is 0 Å². The van der Waals surface area contributed by atoms with Gasteiger partial charge < -0.3 is 9.67 Å². The molecule has 0 aliphatic rings. The second kappa shape index (κ2) is 5.03. The number of aromatic nitrogens is 4. The maximum absolute atomic E-state index is 12.0. The first-order valence-electron chi connectivity index (χ1n) is 4.91. The first-order chi connectivity index (χ1) is 8.92. The summed E-state index contributed by atoms with van der Waals surface area (Å²) in [6.07, 6.45) is 1.43. The van der Waals surface area contributed by atoms with Crippen molar-refractivity contribution in [2.45, 2.75) is 10.8 Å². The van der Waals surface area contributed by atoms with Crippen molar-refractivity contribution in [1.29, 1.82) is 0 Å². The number of hydrogen-bond donors (Lipinski definition) is 2. The Morgan fingerprint density at radius 2 is 2.32 bits per heavy atom. The molecule has 102 valence electrons. The van der Waals surface area contributed by atoms with Crippen molar-refractivity contribution in [2.75, 3.05) is 0 Å². The van der Waals surface area contributed by atoms with E-state index in [1.807, 2.05) is 0 Å². The third-order valence-electron chi connectivity index (χ3n) is 2.21. The summed E-state index contributed by atoms with van der Waals surface area (Å²) in [5, 5.41) is 16.2. The Hall–Kier alpha value is -1.85. The molecule has 0 amide bonds. The van der Waals surface area contributed by atoms with Gasteiger partial charge in [-0.1, -0.05) is 0 Å². The lowest BCUT2D eigenvalue weighted by Crippen LogP contribution is -2.25. The largest absolute Gasteiger partial charge is 0.476 e. The van der Waals surface area contributed by atoms with Crippen LogP contribution in [0.25, 0.3) is 0 Å². The van der Waals surface area contributed by atoms with Crippen LogP contribution in [0, 0.1) is 0 Å². The molecule has 0 aromatic carbocycles. The molecule has 11 heteroatoms. The van der Waals surface area contributed by atoms with Crippen molar-refractivity contribution in [3.63, 3.8) is 0 Å². The molecule has 0 aliphatic heterocycles. The van der Waals surface area contributed by atoms with E-state index >= 15 is 0 Å². The third-order valence-corrected chi connectivity index (χ3v) is 4.98. The predicted octanol–water partition coefficient (Wildman–Crippen LogP) is -0.552. The van der Waals surface area contributed by atoms with E-state index in [2.05, 4.69) is 19.9 Å². The van der Waals surface area contributed by atoms with Crippen LogP contribution in [0.1, 0.15) is 16.3 Å². The Kier molecular flexibility index (Phi) is 3.59. The summed E-state index contributed by atoms with van der Waals surface area (Å²) in [7, 11) is -2.28. The summed E-state index contributed by atoms with van der Waals surface area (Å²) in [5.41, 5.74) is 0.677. The van der Waals surface area contributed by atoms with Crippen LogP contribution in [-0.2, 0) is 23.6 Å². The smallest absolute Gasteiger partial charge is 0.356 e. The molecule has 9 nitrogen and oxygen atoms in total. The SMILES string of the molecule is Cn1cnnc1CNS(=O)(=O)c1scnc1C(=O)O. The second-order valence-electron chi connectivity index (χ2n) is 3.48. The van der Waals surface area contributed by atoms with Gasteiger partial charge >= 0.3 is 5.97 Å². The van der Waals surface area contributed by atoms with E-state index < -0.39 is 21.7 Å². The van der Waals surface area contributed by atoms with Crippen molar-refractivity contribution in [2.24, 2.45) is 7.05 Å². The molecule has 0 atom stereocenters. The molecule has 0 fully saturated rings. The van der Waals surface area contributed by atoms with Gasteiger partial charge in [0.1, 0.15) is 12.2 Å². The molecule has 0 saturated carbocycles. The highest BCUT2D eigenvalue weighted by molar-refractivity contribution is 7.91. The van der Waals surface area contributed by atoms with Crippen LogP contribution >= 0.6 is 11.3 Å². The number of nitrogens with zero attached hydrogens (tertiary/aromatic N) is 4. The van der Waals surface area contributed by atoms with Gasteiger partial charge in [0.05, 0.1) is 12.1 Å². The maximum Gasteiger partial charge on any atom is 0.356 e. The van der Waals surface area contributed by atoms with Gasteiger partial charge in [-0.25, -0.2) is 22.9 Å². The van der Waals surface area contributed by atoms with Crippen LogP contribution in [0.4, 0.5) is 0 Å². The lowest BCUT2D eigenvalue weighted by molar-refractivity contribution is 0.0687. The number of hydrogen-bond acceptors (Lipinski definition) is 7. The summed E-state index contributed by atoms with van der Waals surface area (Å²) in [6, 6.07) is 0. The average Bonchev–Trinajstić information content (AvgIpc) is 2.95. The van der Waals surface area contributed by atoms with Gasteiger partial charge in [0.2, 0.25) is 0 Å². The Morgan fingerprint density at radius 1 is 1.58 bits per heavy atom. The van der Waals surface area contributed by atoms with E-state index in [0.29, 0.717) is 5.82 Å². The summed E-state index contributed by atoms with van der Waals surface area (Å²) in [4.78, 5) is 14.4. The highest BCUT2D eigenvalue weighted by Gasteiger charge is 2.25. The molecule has 0 aliphatic carbocycles. The van der Waals surface area contributed by atoms with Crippen LogP contribution in [0.15, 0.2) is 16.0 Å². The van der Waals surface area contributed by atoms with Crippen molar-refractivity contribution >= 4 is 27.3 Å². The summed E-state index contributed by atoms with van der Waals surface area (Å²) < 4.78 is 27.4. The monoisotopic (exact) mass is 303 g/mol. The van der Waals surface area contributed by atoms with E-state index in [1.165, 1.54) is 11.8 Å². The average molecular weight is 303 g/mol. The lowest BCUT2D eigenvalue weighted by atomic mass is 10.5. The predicted molar refractivity (Wildman–Crippen MR) is 64.1 cm³/mol. The number of sulfonamides is 1. The Balaban J connectivity index is 2.21. The van der Waals surface area contributed by atoms with Gasteiger partial charge in [0.15, 0.2) is 9.90 Å². The normalized spacial score (nSPS) is 11.6. The lowest BCUT2D eigenvalue weighted by Gasteiger charge is -2.04. The molecule has 0 spiro atoms. The molecule has 2 heterocycles. The van der Waals surface area contributed by atoms with Crippen LogP contribution in [0.2, 0.25) is 0 Å². The quantitative estimate of drug-likeness (QED) is 0.758. The van der Waals surface area contributed by atoms with Crippen molar-refractivity contribution < 1.29 is 18.3 Å². The highest BCUT2D eigenvalue weighted by Crippen LogP contribution is 2.19. The first kappa shape index (κ1) is 13.6. The zero-order chi connectivity index (χ0) is 14.0. The zero-order valence-electron chi connectivity index (χ0n) is 9.64. The van der Waals surface area contributed by atoms with Gasteiger partial charge in [-0.15, -0.1) is 21.5 Å². The van der Waals surface area contributed by atoms with E-state index in [4.69, 9.17) is 5.11 Å². The minimum atomic E-state index is -3.94. The summed E-state index contributed by atoms with van der Waals surface area (Å²) >= 11 is 0.741. The summed E-state index contributed by atoms with van der Waals surface area (Å²) in [5.74, 6) is -0.981. The minimum Gasteiger partial charge on any atom is -0.476 e. The van der Waals surface area contributed by atoms with Crippen molar-refractivity contribution in [3.05, 3.63) is 23.4 Å². The molecular weight excluding hydrogens is 294 g/mol. The summed E-state index contributed by atoms with van der Waals surface area (Å²) in [6.45, 7) is -0.0875. The number of carboxylic acids is 1. The second-order valence-corrected chi connectivity index (χ2v) is 6.29. The van der Waals surface area contributed by atoms with Crippen molar-refractivity contribution in [1.82, 2.24) is 24.5 Å². The van der Waals surface area contributed by atoms with Gasteiger partial charge in [-0.2, -0.15) is 0 Å². The van der Waals surface area contributed by atoms with Gasteiger partial charge in [0.25, 0.3) is 10.0 Å². The molecule has 2 rings (SSSR count). The zero-order valence-corrected chi connectivity index (χ0v) is 11.3. The van der Waals surface area contributed by atoms with E-state index in [-0.39, 0.29) is 10.8 Å². The number of aromatic carboxylic acids is 1. The Morgan fingerprint density at radius 3 is 2.89 bits per heavy atom. The molecule has 2 aromatic heterocycles. The number of nitrogens with one attached hydrogen (secondary N) is 1. The number of rotatable bonds is 5. The standard InChI is InChI=1S/C8H9N5O4S2/c1-13-3-10-12-5(13)2-11-19(16,17)8-6(7(14)15)9-4-18-8/h3-4,11H,2H2,1H3,(H,14,15). The van der Waals surface area contributed by atoms with Crippen molar-refractivity contribution in [3.8, 4) is 0 Å². The van der Waals surface area contributed by atoms with E-state index in [9.17, 15) is 13.2 Å². The Labute approximate surface area is 112 Å². The van der Waals surface area contributed by atoms with Crippen LogP contribution < -0.4 is 4.72 Å². The maximum atomic E-state index is 12.0. The molecule has 2 aromatic rings. The molecule has 0 saturated heterocycles. The van der Waals surface area contributed by atoms with Gasteiger partial charge in [0, 0.05) is 7.05 Å². The fraction of sp³-hybridized carbons (Fsp3) is 0.250. The number of aryl methyl sites for hydroxylation is 1. The fourth-order valence-electron chi connectivity index (χ4n) is 1.26. The fourth-order valence-corrected chi connectivity index (χ4v) is 3.42. The Bertz CT molecular complexity index is 704. The highest BCUT2D eigenvalue weighted by atomic mass is 32.2. The van der Waals surface area contributed by atoms with Gasteiger partial charge in [-0.05, 0) is 0 Å². The molecule has 19 heavy (non-hydrogen) atoms.